The van der Waals surface area contributed by atoms with Crippen molar-refractivity contribution in [1.29, 1.82) is 0 Å². The number of hydrogen-bond donors (Lipinski definition) is 2. The number of rotatable bonds is 3. The molecule has 2 unspecified atom stereocenters. The van der Waals surface area contributed by atoms with Crippen molar-refractivity contribution in [2.24, 2.45) is 11.8 Å². The molecule has 4 heteroatoms. The van der Waals surface area contributed by atoms with Crippen LogP contribution < -0.4 is 5.32 Å². The molecule has 17 heavy (non-hydrogen) atoms. The van der Waals surface area contributed by atoms with Crippen molar-refractivity contribution in [3.05, 3.63) is 0 Å². The quantitative estimate of drug-likeness (QED) is 0.786. The summed E-state index contributed by atoms with van der Waals surface area (Å²) in [6.07, 6.45) is 0.759. The molecule has 1 aliphatic rings. The van der Waals surface area contributed by atoms with Crippen molar-refractivity contribution in [1.82, 2.24) is 5.32 Å². The van der Waals surface area contributed by atoms with Gasteiger partial charge in [0.25, 0.3) is 0 Å². The van der Waals surface area contributed by atoms with Gasteiger partial charge in [-0.15, -0.1) is 0 Å². The minimum Gasteiger partial charge on any atom is -0.388 e. The molecule has 0 aromatic carbocycles. The van der Waals surface area contributed by atoms with Gasteiger partial charge in [0, 0.05) is 19.1 Å². The Bertz CT molecular complexity index is 281. The molecule has 0 spiro atoms. The third-order valence-corrected chi connectivity index (χ3v) is 3.94. The lowest BCUT2D eigenvalue weighted by Crippen LogP contribution is -2.59. The first-order chi connectivity index (χ1) is 7.65. The van der Waals surface area contributed by atoms with Crippen molar-refractivity contribution < 1.29 is 14.6 Å². The van der Waals surface area contributed by atoms with Crippen LogP contribution in [0.2, 0.25) is 0 Å². The number of carbonyl (C=O) groups is 1. The van der Waals surface area contributed by atoms with Crippen LogP contribution >= 0.6 is 0 Å². The van der Waals surface area contributed by atoms with E-state index in [-0.39, 0.29) is 17.7 Å². The maximum Gasteiger partial charge on any atom is 0.224 e. The Morgan fingerprint density at radius 1 is 1.35 bits per heavy atom. The van der Waals surface area contributed by atoms with Crippen LogP contribution in [0, 0.1) is 11.8 Å². The molecule has 2 atom stereocenters. The van der Waals surface area contributed by atoms with Crippen LogP contribution in [0.25, 0.3) is 0 Å². The second-order valence-corrected chi connectivity index (χ2v) is 6.12. The molecule has 1 amide bonds. The third kappa shape index (κ3) is 3.42. The van der Waals surface area contributed by atoms with Crippen molar-refractivity contribution in [3.63, 3.8) is 0 Å². The van der Waals surface area contributed by atoms with E-state index in [1.54, 1.807) is 13.8 Å². The molecule has 1 fully saturated rings. The molecule has 1 heterocycles. The molecule has 0 aromatic rings. The molecular formula is C13H25NO3. The Morgan fingerprint density at radius 2 is 1.94 bits per heavy atom. The minimum absolute atomic E-state index is 0.00891. The van der Waals surface area contributed by atoms with E-state index >= 15 is 0 Å². The first-order valence-corrected chi connectivity index (χ1v) is 6.27. The van der Waals surface area contributed by atoms with Crippen LogP contribution in [0.5, 0.6) is 0 Å². The lowest BCUT2D eigenvalue weighted by atomic mass is 9.83. The molecule has 0 saturated carbocycles. The van der Waals surface area contributed by atoms with E-state index < -0.39 is 11.1 Å². The van der Waals surface area contributed by atoms with Crippen molar-refractivity contribution in [2.45, 2.75) is 52.2 Å². The van der Waals surface area contributed by atoms with Gasteiger partial charge in [-0.25, -0.2) is 0 Å². The van der Waals surface area contributed by atoms with E-state index in [0.717, 1.165) is 6.42 Å². The summed E-state index contributed by atoms with van der Waals surface area (Å²) in [6, 6.07) is 0. The molecule has 1 saturated heterocycles. The highest BCUT2D eigenvalue weighted by atomic mass is 16.5. The second kappa shape index (κ2) is 4.94. The molecule has 0 radical (unpaired) electrons. The first kappa shape index (κ1) is 14.5. The van der Waals surface area contributed by atoms with Crippen LogP contribution in [0.15, 0.2) is 0 Å². The minimum atomic E-state index is -0.947. The Hall–Kier alpha value is -0.610. The summed E-state index contributed by atoms with van der Waals surface area (Å²) in [5.41, 5.74) is -1.58. The number of aliphatic hydroxyl groups is 1. The number of nitrogens with one attached hydrogen (secondary N) is 1. The molecule has 0 bridgehead atoms. The Kier molecular flexibility index (Phi) is 4.20. The normalized spacial score (nSPS) is 26.7. The molecule has 1 rings (SSSR count). The summed E-state index contributed by atoms with van der Waals surface area (Å²) in [5.74, 6) is 0.250. The largest absolute Gasteiger partial charge is 0.388 e. The average molecular weight is 243 g/mol. The second-order valence-electron chi connectivity index (χ2n) is 6.12. The van der Waals surface area contributed by atoms with Gasteiger partial charge in [0.15, 0.2) is 0 Å². The highest BCUT2D eigenvalue weighted by Crippen LogP contribution is 2.25. The molecule has 4 nitrogen and oxygen atoms in total. The van der Waals surface area contributed by atoms with E-state index in [1.165, 1.54) is 0 Å². The van der Waals surface area contributed by atoms with Gasteiger partial charge in [-0.2, -0.15) is 0 Å². The monoisotopic (exact) mass is 243 g/mol. The predicted octanol–water partition coefficient (Wildman–Crippen LogP) is 1.32. The number of hydrogen-bond acceptors (Lipinski definition) is 3. The van der Waals surface area contributed by atoms with Crippen LogP contribution in [0.4, 0.5) is 0 Å². The van der Waals surface area contributed by atoms with E-state index in [4.69, 9.17) is 4.74 Å². The fraction of sp³-hybridized carbons (Fsp3) is 0.923. The Labute approximate surface area is 104 Å². The summed E-state index contributed by atoms with van der Waals surface area (Å²) in [6.45, 7) is 10.4. The van der Waals surface area contributed by atoms with Crippen molar-refractivity contribution in [2.75, 3.05) is 13.2 Å². The number of carbonyl (C=O) groups excluding carboxylic acids is 1. The Balaban J connectivity index is 2.65. The maximum atomic E-state index is 12.2. The SMILES string of the molecule is CC1COCCC1C(=O)NC(C)(C)C(C)(C)O. The summed E-state index contributed by atoms with van der Waals surface area (Å²) < 4.78 is 5.33. The van der Waals surface area contributed by atoms with E-state index in [1.807, 2.05) is 20.8 Å². The van der Waals surface area contributed by atoms with Crippen LogP contribution in [-0.4, -0.2) is 35.4 Å². The lowest BCUT2D eigenvalue weighted by Gasteiger charge is -2.40. The van der Waals surface area contributed by atoms with Crippen LogP contribution in [0.3, 0.4) is 0 Å². The fourth-order valence-corrected chi connectivity index (χ4v) is 1.82. The van der Waals surface area contributed by atoms with Crippen molar-refractivity contribution >= 4 is 5.91 Å². The molecule has 2 N–H and O–H groups in total. The molecular weight excluding hydrogens is 218 g/mol. The van der Waals surface area contributed by atoms with E-state index in [2.05, 4.69) is 5.32 Å². The third-order valence-electron chi connectivity index (χ3n) is 3.94. The summed E-state index contributed by atoms with van der Waals surface area (Å²) in [7, 11) is 0. The molecule has 0 aliphatic carbocycles. The van der Waals surface area contributed by atoms with Gasteiger partial charge in [0.2, 0.25) is 5.91 Å². The predicted molar refractivity (Wildman–Crippen MR) is 66.6 cm³/mol. The zero-order chi connectivity index (χ0) is 13.3. The summed E-state index contributed by atoms with van der Waals surface area (Å²) in [5, 5.41) is 13.0. The molecule has 100 valence electrons. The molecule has 1 aliphatic heterocycles. The smallest absolute Gasteiger partial charge is 0.224 e. The zero-order valence-electron chi connectivity index (χ0n) is 11.5. The fourth-order valence-electron chi connectivity index (χ4n) is 1.82. The van der Waals surface area contributed by atoms with Crippen LogP contribution in [-0.2, 0) is 9.53 Å². The highest BCUT2D eigenvalue weighted by molar-refractivity contribution is 5.80. The molecule has 0 aromatic heterocycles. The van der Waals surface area contributed by atoms with Gasteiger partial charge in [-0.1, -0.05) is 6.92 Å². The maximum absolute atomic E-state index is 12.2. The standard InChI is InChI=1S/C13H25NO3/c1-9-8-17-7-6-10(9)11(15)14-12(2,3)13(4,5)16/h9-10,16H,6-8H2,1-5H3,(H,14,15). The van der Waals surface area contributed by atoms with Gasteiger partial charge in [-0.05, 0) is 40.0 Å². The van der Waals surface area contributed by atoms with Gasteiger partial charge in [0.1, 0.15) is 0 Å². The van der Waals surface area contributed by atoms with Gasteiger partial charge >= 0.3 is 0 Å². The van der Waals surface area contributed by atoms with Crippen LogP contribution in [0.1, 0.15) is 41.0 Å². The van der Waals surface area contributed by atoms with Gasteiger partial charge < -0.3 is 15.2 Å². The number of ether oxygens (including phenoxy) is 1. The zero-order valence-corrected chi connectivity index (χ0v) is 11.5. The summed E-state index contributed by atoms with van der Waals surface area (Å²) in [4.78, 5) is 12.2. The van der Waals surface area contributed by atoms with E-state index in [0.29, 0.717) is 13.2 Å². The Morgan fingerprint density at radius 3 is 2.41 bits per heavy atom. The number of amides is 1. The highest BCUT2D eigenvalue weighted by Gasteiger charge is 2.39. The topological polar surface area (TPSA) is 58.6 Å². The van der Waals surface area contributed by atoms with E-state index in [9.17, 15) is 9.90 Å². The van der Waals surface area contributed by atoms with Gasteiger partial charge in [0.05, 0.1) is 11.1 Å². The van der Waals surface area contributed by atoms with Crippen molar-refractivity contribution in [3.8, 4) is 0 Å². The summed E-state index contributed by atoms with van der Waals surface area (Å²) >= 11 is 0. The van der Waals surface area contributed by atoms with Gasteiger partial charge in [-0.3, -0.25) is 4.79 Å². The lowest BCUT2D eigenvalue weighted by molar-refractivity contribution is -0.135. The average Bonchev–Trinajstić information content (AvgIpc) is 2.15. The first-order valence-electron chi connectivity index (χ1n) is 6.27.